The number of esters is 1. The van der Waals surface area contributed by atoms with E-state index in [1.165, 1.54) is 7.11 Å². The third-order valence-electron chi connectivity index (χ3n) is 12.3. The van der Waals surface area contributed by atoms with Crippen molar-refractivity contribution in [2.24, 2.45) is 34.5 Å². The first-order chi connectivity index (χ1) is 18.0. The van der Waals surface area contributed by atoms with Gasteiger partial charge in [0.2, 0.25) is 0 Å². The smallest absolute Gasteiger partial charge is 0.331 e. The Morgan fingerprint density at radius 2 is 1.79 bits per heavy atom. The summed E-state index contributed by atoms with van der Waals surface area (Å²) in [6.45, 7) is 6.87. The molecule has 3 N–H and O–H groups in total. The van der Waals surface area contributed by atoms with Crippen LogP contribution in [0.5, 0.6) is 0 Å². The first-order valence-electron chi connectivity index (χ1n) is 14.8. The second-order valence-corrected chi connectivity index (χ2v) is 13.7. The van der Waals surface area contributed by atoms with E-state index in [1.807, 2.05) is 0 Å². The maximum absolute atomic E-state index is 12.4. The summed E-state index contributed by atoms with van der Waals surface area (Å²) in [7, 11) is 1.49. The molecule has 0 spiro atoms. The largest absolute Gasteiger partial charge is 0.458 e. The van der Waals surface area contributed by atoms with Gasteiger partial charge in [0.15, 0.2) is 6.29 Å². The Bertz CT molecular complexity index is 968. The number of hydrogen-bond donors (Lipinski definition) is 3. The van der Waals surface area contributed by atoms with Gasteiger partial charge >= 0.3 is 5.97 Å². The number of aliphatic hydroxyl groups excluding tert-OH is 2. The van der Waals surface area contributed by atoms with Gasteiger partial charge in [0.05, 0.1) is 17.8 Å². The van der Waals surface area contributed by atoms with Crippen molar-refractivity contribution in [2.45, 2.75) is 121 Å². The summed E-state index contributed by atoms with van der Waals surface area (Å²) in [5.74, 6) is 1.22. The molecule has 4 aliphatic carbocycles. The van der Waals surface area contributed by atoms with Crippen LogP contribution in [0.3, 0.4) is 0 Å². The molecule has 0 aromatic carbocycles. The van der Waals surface area contributed by atoms with Crippen molar-refractivity contribution < 1.29 is 39.1 Å². The van der Waals surface area contributed by atoms with Crippen molar-refractivity contribution >= 4 is 5.97 Å². The summed E-state index contributed by atoms with van der Waals surface area (Å²) < 4.78 is 22.8. The van der Waals surface area contributed by atoms with Crippen LogP contribution in [0.4, 0.5) is 0 Å². The average Bonchev–Trinajstić information content (AvgIpc) is 3.43. The molecule has 2 aliphatic heterocycles. The Morgan fingerprint density at radius 3 is 2.50 bits per heavy atom. The minimum absolute atomic E-state index is 0.0103. The topological polar surface area (TPSA) is 115 Å². The number of carbonyl (C=O) groups is 1. The molecule has 2 heterocycles. The second kappa shape index (κ2) is 9.52. The molecule has 0 amide bonds. The summed E-state index contributed by atoms with van der Waals surface area (Å²) in [4.78, 5) is 11.8. The third kappa shape index (κ3) is 3.88. The lowest BCUT2D eigenvalue weighted by Gasteiger charge is -2.64. The van der Waals surface area contributed by atoms with Crippen molar-refractivity contribution in [3.8, 4) is 0 Å². The standard InChI is InChI=1S/C30H46O8/c1-16-24(32)26(35-4)25(33)27(37-16)38-19-7-10-28(2)18(14-19)5-6-22-21(28)8-11-29(3)20(9-12-30(22,29)34)17-13-23(31)36-15-17/h13,16,18-22,24-27,32-34H,5-12,14-15H2,1-4H3/t16-,18-,19-,20+,21-,22+,24-,25+,26+,27-,28-,29+,30-/m0/s1. The van der Waals surface area contributed by atoms with Crippen LogP contribution in [0.2, 0.25) is 0 Å². The van der Waals surface area contributed by atoms with Crippen LogP contribution in [-0.4, -0.2) is 77.4 Å². The van der Waals surface area contributed by atoms with Gasteiger partial charge in [-0.3, -0.25) is 0 Å². The molecule has 38 heavy (non-hydrogen) atoms. The van der Waals surface area contributed by atoms with E-state index < -0.39 is 36.3 Å². The molecular formula is C30H46O8. The van der Waals surface area contributed by atoms with E-state index in [1.54, 1.807) is 13.0 Å². The Hall–Kier alpha value is -1.03. The van der Waals surface area contributed by atoms with Crippen molar-refractivity contribution in [3.63, 3.8) is 0 Å². The van der Waals surface area contributed by atoms with Crippen LogP contribution in [-0.2, 0) is 23.7 Å². The van der Waals surface area contributed by atoms with E-state index >= 15 is 0 Å². The number of aliphatic hydroxyl groups is 3. The molecule has 5 fully saturated rings. The van der Waals surface area contributed by atoms with E-state index in [0.717, 1.165) is 63.4 Å². The fourth-order valence-electron chi connectivity index (χ4n) is 10.1. The number of rotatable bonds is 4. The number of ether oxygens (including phenoxy) is 4. The van der Waals surface area contributed by atoms with Gasteiger partial charge in [-0.1, -0.05) is 13.8 Å². The van der Waals surface area contributed by atoms with Crippen LogP contribution in [0, 0.1) is 34.5 Å². The van der Waals surface area contributed by atoms with E-state index in [0.29, 0.717) is 18.4 Å². The summed E-state index contributed by atoms with van der Waals surface area (Å²) in [6, 6.07) is 0. The SMILES string of the molecule is CO[C@@H]1[C@@H](O)[C@H](C)O[C@@H](O[C@H]2CC[C@@]3(C)[C@@H](CC[C@@H]4[C@@H]3CC[C@]3(C)[C@@H](C5=CC(=O)OC5)CC[C@]43O)C2)[C@@H]1O. The first-order valence-corrected chi connectivity index (χ1v) is 14.8. The van der Waals surface area contributed by atoms with Crippen LogP contribution in [0.1, 0.15) is 78.6 Å². The number of fused-ring (bicyclic) bond motifs is 5. The molecule has 214 valence electrons. The van der Waals surface area contributed by atoms with E-state index in [2.05, 4.69) is 13.8 Å². The molecule has 0 unspecified atom stereocenters. The Balaban J connectivity index is 1.16. The molecule has 8 heteroatoms. The van der Waals surface area contributed by atoms with Crippen molar-refractivity contribution in [3.05, 3.63) is 11.6 Å². The Kier molecular flexibility index (Phi) is 6.80. The van der Waals surface area contributed by atoms with E-state index in [9.17, 15) is 20.1 Å². The molecule has 0 aromatic heterocycles. The maximum atomic E-state index is 12.4. The zero-order valence-corrected chi connectivity index (χ0v) is 23.3. The molecule has 1 saturated heterocycles. The molecule has 0 bridgehead atoms. The van der Waals surface area contributed by atoms with E-state index in [4.69, 9.17) is 18.9 Å². The van der Waals surface area contributed by atoms with Crippen molar-refractivity contribution in [2.75, 3.05) is 13.7 Å². The van der Waals surface area contributed by atoms with Gasteiger partial charge in [0.25, 0.3) is 0 Å². The molecule has 0 radical (unpaired) electrons. The Labute approximate surface area is 226 Å². The van der Waals surface area contributed by atoms with Crippen molar-refractivity contribution in [1.82, 2.24) is 0 Å². The third-order valence-corrected chi connectivity index (χ3v) is 12.3. The highest BCUT2D eigenvalue weighted by molar-refractivity contribution is 5.85. The van der Waals surface area contributed by atoms with E-state index in [-0.39, 0.29) is 34.7 Å². The molecular weight excluding hydrogens is 488 g/mol. The maximum Gasteiger partial charge on any atom is 0.331 e. The predicted octanol–water partition coefficient (Wildman–Crippen LogP) is 3.11. The summed E-state index contributed by atoms with van der Waals surface area (Å²) in [5.41, 5.74) is 0.300. The number of carbonyl (C=O) groups excluding carboxylic acids is 1. The quantitative estimate of drug-likeness (QED) is 0.372. The highest BCUT2D eigenvalue weighted by Gasteiger charge is 2.67. The molecule has 4 saturated carbocycles. The average molecular weight is 535 g/mol. The monoisotopic (exact) mass is 534 g/mol. The van der Waals surface area contributed by atoms with Crippen LogP contribution in [0.25, 0.3) is 0 Å². The fraction of sp³-hybridized carbons (Fsp3) is 0.900. The van der Waals surface area contributed by atoms with Crippen LogP contribution in [0.15, 0.2) is 11.6 Å². The lowest BCUT2D eigenvalue weighted by Crippen LogP contribution is -2.62. The van der Waals surface area contributed by atoms with Crippen LogP contribution < -0.4 is 0 Å². The number of hydrogen-bond acceptors (Lipinski definition) is 8. The van der Waals surface area contributed by atoms with Crippen LogP contribution >= 0.6 is 0 Å². The molecule has 6 aliphatic rings. The number of methoxy groups -OCH3 is 1. The Morgan fingerprint density at radius 1 is 1.00 bits per heavy atom. The molecule has 0 aromatic rings. The van der Waals surface area contributed by atoms with Gasteiger partial charge in [-0.25, -0.2) is 4.79 Å². The molecule has 8 nitrogen and oxygen atoms in total. The molecule has 6 rings (SSSR count). The van der Waals surface area contributed by atoms with Gasteiger partial charge in [-0.05, 0) is 99.4 Å². The predicted molar refractivity (Wildman–Crippen MR) is 138 cm³/mol. The van der Waals surface area contributed by atoms with Gasteiger partial charge in [0, 0.05) is 18.6 Å². The summed E-state index contributed by atoms with van der Waals surface area (Å²) >= 11 is 0. The fourth-order valence-corrected chi connectivity index (χ4v) is 10.1. The number of cyclic esters (lactones) is 1. The van der Waals surface area contributed by atoms with Gasteiger partial charge in [0.1, 0.15) is 24.9 Å². The van der Waals surface area contributed by atoms with Gasteiger partial charge in [-0.2, -0.15) is 0 Å². The highest BCUT2D eigenvalue weighted by atomic mass is 16.7. The zero-order valence-electron chi connectivity index (χ0n) is 23.3. The van der Waals surface area contributed by atoms with Gasteiger partial charge < -0.3 is 34.3 Å². The normalized spacial score (nSPS) is 54.5. The minimum atomic E-state index is -1.04. The summed E-state index contributed by atoms with van der Waals surface area (Å²) in [6.07, 6.45) is 6.45. The zero-order chi connectivity index (χ0) is 27.0. The highest BCUT2D eigenvalue weighted by Crippen LogP contribution is 2.70. The summed E-state index contributed by atoms with van der Waals surface area (Å²) in [5, 5.41) is 33.5. The van der Waals surface area contributed by atoms with Crippen molar-refractivity contribution in [1.29, 1.82) is 0 Å². The van der Waals surface area contributed by atoms with Gasteiger partial charge in [-0.15, -0.1) is 0 Å². The molecule has 13 atom stereocenters. The minimum Gasteiger partial charge on any atom is -0.458 e. The lowest BCUT2D eigenvalue weighted by atomic mass is 9.43. The first kappa shape index (κ1) is 27.2. The second-order valence-electron chi connectivity index (χ2n) is 13.7. The lowest BCUT2D eigenvalue weighted by molar-refractivity contribution is -0.313.